The van der Waals surface area contributed by atoms with Crippen molar-refractivity contribution in [1.29, 1.82) is 0 Å². The van der Waals surface area contributed by atoms with Crippen LogP contribution >= 0.6 is 0 Å². The molecule has 0 rings (SSSR count). The van der Waals surface area contributed by atoms with Crippen LogP contribution < -0.4 is 0 Å². The summed E-state index contributed by atoms with van der Waals surface area (Å²) in [5, 5.41) is 0. The molecule has 0 aliphatic rings. The highest BCUT2D eigenvalue weighted by Crippen LogP contribution is 2.18. The molecule has 0 aliphatic heterocycles. The lowest BCUT2D eigenvalue weighted by Gasteiger charge is -2.18. The maximum Gasteiger partial charge on any atom is 0.306 e. The molecule has 0 fully saturated rings. The zero-order valence-electron chi connectivity index (χ0n) is 52.6. The third-order valence-corrected chi connectivity index (χ3v) is 15.2. The van der Waals surface area contributed by atoms with Crippen LogP contribution in [0.3, 0.4) is 0 Å². The molecule has 1 atom stereocenters. The standard InChI is InChI=1S/C73H130O6/c1-4-7-10-13-16-19-22-25-28-31-33-35-36-38-39-42-45-48-51-54-57-60-63-66-72(75)78-69-70(68-77-71(74)65-62-59-56-53-50-47-44-41-30-27-24-21-18-15-12-9-6-3)79-73(76)67-64-61-58-55-52-49-46-43-40-37-34-32-29-26-23-20-17-14-11-8-5-2/h9,12,18,21,27,30,32,34,44,47,53,56,70H,4-8,10-11,13-17,19-20,22-26,28-29,31,33,35-43,45-46,48-52,54-55,57-69H2,1-3H3/b12-9-,21-18-,30-27-,34-32-,47-44-,56-53-. The molecule has 0 aromatic carbocycles. The van der Waals surface area contributed by atoms with E-state index in [1.54, 1.807) is 0 Å². The van der Waals surface area contributed by atoms with E-state index < -0.39 is 6.10 Å². The summed E-state index contributed by atoms with van der Waals surface area (Å²) < 4.78 is 16.9. The van der Waals surface area contributed by atoms with Gasteiger partial charge in [-0.15, -0.1) is 0 Å². The first kappa shape index (κ1) is 75.8. The van der Waals surface area contributed by atoms with E-state index in [0.29, 0.717) is 19.3 Å². The normalized spacial score (nSPS) is 12.5. The van der Waals surface area contributed by atoms with Crippen LogP contribution in [0.25, 0.3) is 0 Å². The Bertz CT molecular complexity index is 1450. The minimum Gasteiger partial charge on any atom is -0.462 e. The van der Waals surface area contributed by atoms with Crippen molar-refractivity contribution in [3.8, 4) is 0 Å². The van der Waals surface area contributed by atoms with Crippen molar-refractivity contribution in [3.05, 3.63) is 72.9 Å². The number of carbonyl (C=O) groups excluding carboxylic acids is 3. The first-order chi connectivity index (χ1) is 39.0. The summed E-state index contributed by atoms with van der Waals surface area (Å²) in [6, 6.07) is 0. The van der Waals surface area contributed by atoms with E-state index in [-0.39, 0.29) is 37.5 Å². The second-order valence-corrected chi connectivity index (χ2v) is 23.1. The van der Waals surface area contributed by atoms with Crippen molar-refractivity contribution >= 4 is 17.9 Å². The summed E-state index contributed by atoms with van der Waals surface area (Å²) in [5.74, 6) is -0.933. The van der Waals surface area contributed by atoms with Crippen molar-refractivity contribution in [3.63, 3.8) is 0 Å². The fraction of sp³-hybridized carbons (Fsp3) is 0.795. The molecule has 6 nitrogen and oxygen atoms in total. The van der Waals surface area contributed by atoms with Gasteiger partial charge in [0.05, 0.1) is 0 Å². The Hall–Kier alpha value is -3.15. The average molecular weight is 1100 g/mol. The molecule has 0 aliphatic carbocycles. The Morgan fingerprint density at radius 2 is 0.506 bits per heavy atom. The molecule has 0 aromatic rings. The van der Waals surface area contributed by atoms with E-state index in [1.807, 2.05) is 0 Å². The van der Waals surface area contributed by atoms with Gasteiger partial charge in [0.1, 0.15) is 13.2 Å². The third kappa shape index (κ3) is 65.5. The number of allylic oxidation sites excluding steroid dienone is 12. The van der Waals surface area contributed by atoms with Crippen LogP contribution in [0, 0.1) is 0 Å². The van der Waals surface area contributed by atoms with E-state index in [0.717, 1.165) is 77.0 Å². The van der Waals surface area contributed by atoms with Gasteiger partial charge >= 0.3 is 17.9 Å². The van der Waals surface area contributed by atoms with Crippen LogP contribution in [0.15, 0.2) is 72.9 Å². The maximum absolute atomic E-state index is 12.9. The number of hydrogen-bond acceptors (Lipinski definition) is 6. The molecule has 0 saturated heterocycles. The van der Waals surface area contributed by atoms with Crippen LogP contribution in [0.2, 0.25) is 0 Å². The lowest BCUT2D eigenvalue weighted by molar-refractivity contribution is -0.167. The van der Waals surface area contributed by atoms with Gasteiger partial charge in [-0.3, -0.25) is 14.4 Å². The molecule has 0 amide bonds. The second-order valence-electron chi connectivity index (χ2n) is 23.1. The largest absolute Gasteiger partial charge is 0.462 e. The van der Waals surface area contributed by atoms with Gasteiger partial charge in [-0.2, -0.15) is 0 Å². The Labute approximate surface area is 491 Å². The Kier molecular flexibility index (Phi) is 64.7. The molecule has 1 unspecified atom stereocenters. The van der Waals surface area contributed by atoms with Crippen molar-refractivity contribution < 1.29 is 28.6 Å². The number of carbonyl (C=O) groups is 3. The zero-order valence-corrected chi connectivity index (χ0v) is 52.6. The second kappa shape index (κ2) is 67.4. The molecule has 79 heavy (non-hydrogen) atoms. The smallest absolute Gasteiger partial charge is 0.306 e. The molecule has 0 N–H and O–H groups in total. The van der Waals surface area contributed by atoms with Gasteiger partial charge in [0.25, 0.3) is 0 Å². The fourth-order valence-electron chi connectivity index (χ4n) is 10.1. The lowest BCUT2D eigenvalue weighted by Crippen LogP contribution is -2.30. The van der Waals surface area contributed by atoms with Gasteiger partial charge in [0.15, 0.2) is 6.10 Å². The highest BCUT2D eigenvalue weighted by Gasteiger charge is 2.19. The molecule has 0 aromatic heterocycles. The summed E-state index contributed by atoms with van der Waals surface area (Å²) in [6.07, 6.45) is 87.9. The Morgan fingerprint density at radius 3 is 0.835 bits per heavy atom. The lowest BCUT2D eigenvalue weighted by atomic mass is 10.0. The summed E-state index contributed by atoms with van der Waals surface area (Å²) in [6.45, 7) is 6.54. The minimum absolute atomic E-state index is 0.0904. The Balaban J connectivity index is 4.37. The van der Waals surface area contributed by atoms with Gasteiger partial charge in [0, 0.05) is 19.3 Å². The molecular formula is C73H130O6. The molecule has 0 bridgehead atoms. The number of esters is 3. The topological polar surface area (TPSA) is 78.9 Å². The van der Waals surface area contributed by atoms with Crippen LogP contribution in [0.1, 0.15) is 355 Å². The van der Waals surface area contributed by atoms with Crippen LogP contribution in [-0.2, 0) is 28.6 Å². The predicted octanol–water partition coefficient (Wildman–Crippen LogP) is 23.7. The van der Waals surface area contributed by atoms with E-state index in [9.17, 15) is 14.4 Å². The van der Waals surface area contributed by atoms with Gasteiger partial charge in [-0.25, -0.2) is 0 Å². The highest BCUT2D eigenvalue weighted by molar-refractivity contribution is 5.71. The summed E-state index contributed by atoms with van der Waals surface area (Å²) in [4.78, 5) is 38.4. The molecule has 458 valence electrons. The summed E-state index contributed by atoms with van der Waals surface area (Å²) in [7, 11) is 0. The number of hydrogen-bond donors (Lipinski definition) is 0. The van der Waals surface area contributed by atoms with Crippen LogP contribution in [0.4, 0.5) is 0 Å². The number of ether oxygens (including phenoxy) is 3. The fourth-order valence-corrected chi connectivity index (χ4v) is 10.1. The third-order valence-electron chi connectivity index (χ3n) is 15.2. The molecule has 6 heteroatoms. The van der Waals surface area contributed by atoms with Crippen molar-refractivity contribution in [1.82, 2.24) is 0 Å². The molecule has 0 spiro atoms. The SMILES string of the molecule is CC/C=C\C/C=C\C/C=C\C/C=C\C/C=C\CCCC(=O)OCC(COC(=O)CCCCCCCCCCCCCCCCCCCCCCCCC)OC(=O)CCCCCCCCCCC/C=C\CCCCCCCCCC. The molecule has 0 heterocycles. The van der Waals surface area contributed by atoms with E-state index in [1.165, 1.54) is 231 Å². The van der Waals surface area contributed by atoms with Crippen molar-refractivity contribution in [2.24, 2.45) is 0 Å². The quantitative estimate of drug-likeness (QED) is 0.0261. The highest BCUT2D eigenvalue weighted by atomic mass is 16.6. The van der Waals surface area contributed by atoms with Gasteiger partial charge < -0.3 is 14.2 Å². The molecule has 0 saturated carbocycles. The van der Waals surface area contributed by atoms with Crippen LogP contribution in [0.5, 0.6) is 0 Å². The number of rotatable bonds is 63. The van der Waals surface area contributed by atoms with E-state index >= 15 is 0 Å². The van der Waals surface area contributed by atoms with Crippen molar-refractivity contribution in [2.75, 3.05) is 13.2 Å². The van der Waals surface area contributed by atoms with Crippen LogP contribution in [-0.4, -0.2) is 37.2 Å². The van der Waals surface area contributed by atoms with Gasteiger partial charge in [-0.1, -0.05) is 325 Å². The molecule has 0 radical (unpaired) electrons. The Morgan fingerprint density at radius 1 is 0.266 bits per heavy atom. The minimum atomic E-state index is -0.800. The van der Waals surface area contributed by atoms with Crippen molar-refractivity contribution in [2.45, 2.75) is 361 Å². The number of unbranched alkanes of at least 4 members (excludes halogenated alkanes) is 40. The predicted molar refractivity (Wildman–Crippen MR) is 344 cm³/mol. The molecular weight excluding hydrogens is 973 g/mol. The first-order valence-electron chi connectivity index (χ1n) is 34.4. The monoisotopic (exact) mass is 1100 g/mol. The first-order valence-corrected chi connectivity index (χ1v) is 34.4. The van der Waals surface area contributed by atoms with Gasteiger partial charge in [0.2, 0.25) is 0 Å². The van der Waals surface area contributed by atoms with E-state index in [4.69, 9.17) is 14.2 Å². The average Bonchev–Trinajstić information content (AvgIpc) is 3.45. The zero-order chi connectivity index (χ0) is 57.1. The summed E-state index contributed by atoms with van der Waals surface area (Å²) >= 11 is 0. The van der Waals surface area contributed by atoms with E-state index in [2.05, 4.69) is 93.7 Å². The summed E-state index contributed by atoms with van der Waals surface area (Å²) in [5.41, 5.74) is 0. The van der Waals surface area contributed by atoms with Gasteiger partial charge in [-0.05, 0) is 83.5 Å². The maximum atomic E-state index is 12.9.